The van der Waals surface area contributed by atoms with Crippen LogP contribution in [-0.4, -0.2) is 0 Å². The summed E-state index contributed by atoms with van der Waals surface area (Å²) in [6, 6.07) is 6.33. The average Bonchev–Trinajstić information content (AvgIpc) is 1.88. The van der Waals surface area contributed by atoms with Gasteiger partial charge in [-0.15, -0.1) is 12.6 Å². The smallest absolute Gasteiger partial charge is 0.0141 e. The Morgan fingerprint density at radius 1 is 1.50 bits per heavy atom. The van der Waals surface area contributed by atoms with Gasteiger partial charge in [-0.05, 0) is 46.7 Å². The molecule has 0 aromatic heterocycles. The van der Waals surface area contributed by atoms with E-state index in [4.69, 9.17) is 0 Å². The first kappa shape index (κ1) is 8.40. The molecule has 0 fully saturated rings. The molecule has 1 aromatic carbocycles. The molecule has 0 heterocycles. The molecule has 54 valence electrons. The van der Waals surface area contributed by atoms with Crippen LogP contribution in [0.15, 0.2) is 23.1 Å². The zero-order valence-electron chi connectivity index (χ0n) is 5.76. The fourth-order valence-corrected chi connectivity index (χ4v) is 1.95. The normalized spacial score (nSPS) is 9.90. The third-order valence-electron chi connectivity index (χ3n) is 1.43. The van der Waals surface area contributed by atoms with Crippen LogP contribution in [0.3, 0.4) is 0 Å². The highest BCUT2D eigenvalue weighted by atomic mass is 127. The van der Waals surface area contributed by atoms with E-state index in [0.717, 1.165) is 11.3 Å². The molecule has 0 radical (unpaired) electrons. The zero-order valence-corrected chi connectivity index (χ0v) is 8.82. The van der Waals surface area contributed by atoms with Crippen molar-refractivity contribution in [1.82, 2.24) is 0 Å². The molecule has 0 saturated heterocycles. The molecule has 2 heteroatoms. The molecular formula is C8H9IS. The van der Waals surface area contributed by atoms with Crippen molar-refractivity contribution >= 4 is 35.2 Å². The fourth-order valence-electron chi connectivity index (χ4n) is 0.836. The average molecular weight is 264 g/mol. The van der Waals surface area contributed by atoms with E-state index >= 15 is 0 Å². The number of halogens is 1. The minimum Gasteiger partial charge on any atom is -0.143 e. The second-order valence-corrected chi connectivity index (χ2v) is 3.85. The van der Waals surface area contributed by atoms with Crippen molar-refractivity contribution in [2.45, 2.75) is 18.2 Å². The Labute approximate surface area is 80.6 Å². The van der Waals surface area contributed by atoms with Crippen molar-refractivity contribution in [3.8, 4) is 0 Å². The maximum atomic E-state index is 4.34. The van der Waals surface area contributed by atoms with Gasteiger partial charge in [0.2, 0.25) is 0 Å². The van der Waals surface area contributed by atoms with E-state index in [2.05, 4.69) is 60.3 Å². The first-order valence-electron chi connectivity index (χ1n) is 3.21. The van der Waals surface area contributed by atoms with Crippen LogP contribution in [0.4, 0.5) is 0 Å². The Morgan fingerprint density at radius 3 is 2.70 bits per heavy atom. The second-order valence-electron chi connectivity index (χ2n) is 2.13. The first-order chi connectivity index (χ1) is 4.74. The Hall–Kier alpha value is 0.300. The predicted molar refractivity (Wildman–Crippen MR) is 55.8 cm³/mol. The summed E-state index contributed by atoms with van der Waals surface area (Å²) in [4.78, 5) is 1.11. The SMILES string of the molecule is CCc1ccc(I)cc1S. The highest BCUT2D eigenvalue weighted by molar-refractivity contribution is 14.1. The molecule has 0 N–H and O–H groups in total. The molecular weight excluding hydrogens is 255 g/mol. The zero-order chi connectivity index (χ0) is 7.56. The summed E-state index contributed by atoms with van der Waals surface area (Å²) in [7, 11) is 0. The van der Waals surface area contributed by atoms with Crippen molar-refractivity contribution in [3.05, 3.63) is 27.3 Å². The number of aryl methyl sites for hydroxylation is 1. The molecule has 0 aliphatic carbocycles. The van der Waals surface area contributed by atoms with Crippen molar-refractivity contribution < 1.29 is 0 Å². The van der Waals surface area contributed by atoms with Crippen LogP contribution in [0, 0.1) is 3.57 Å². The molecule has 0 unspecified atom stereocenters. The van der Waals surface area contributed by atoms with Gasteiger partial charge in [-0.2, -0.15) is 0 Å². The predicted octanol–water partition coefficient (Wildman–Crippen LogP) is 3.14. The van der Waals surface area contributed by atoms with Gasteiger partial charge in [0.05, 0.1) is 0 Å². The largest absolute Gasteiger partial charge is 0.143 e. The van der Waals surface area contributed by atoms with E-state index < -0.39 is 0 Å². The summed E-state index contributed by atoms with van der Waals surface area (Å²) in [5.74, 6) is 0. The molecule has 0 spiro atoms. The van der Waals surface area contributed by atoms with Gasteiger partial charge in [-0.3, -0.25) is 0 Å². The van der Waals surface area contributed by atoms with Gasteiger partial charge in [-0.25, -0.2) is 0 Å². The van der Waals surface area contributed by atoms with E-state index in [1.807, 2.05) is 0 Å². The quantitative estimate of drug-likeness (QED) is 0.584. The summed E-state index contributed by atoms with van der Waals surface area (Å²) >= 11 is 6.63. The van der Waals surface area contributed by atoms with Gasteiger partial charge in [0.15, 0.2) is 0 Å². The third kappa shape index (κ3) is 1.89. The van der Waals surface area contributed by atoms with Crippen LogP contribution in [-0.2, 0) is 6.42 Å². The molecule has 0 saturated carbocycles. The van der Waals surface area contributed by atoms with Gasteiger partial charge in [0.25, 0.3) is 0 Å². The fraction of sp³-hybridized carbons (Fsp3) is 0.250. The number of hydrogen-bond acceptors (Lipinski definition) is 1. The highest BCUT2D eigenvalue weighted by Crippen LogP contribution is 2.17. The van der Waals surface area contributed by atoms with Gasteiger partial charge >= 0.3 is 0 Å². The number of hydrogen-bond donors (Lipinski definition) is 1. The summed E-state index contributed by atoms with van der Waals surface area (Å²) < 4.78 is 1.25. The first-order valence-corrected chi connectivity index (χ1v) is 4.74. The summed E-state index contributed by atoms with van der Waals surface area (Å²) in [5.41, 5.74) is 1.32. The van der Waals surface area contributed by atoms with E-state index in [1.54, 1.807) is 0 Å². The molecule has 0 amide bonds. The van der Waals surface area contributed by atoms with Crippen LogP contribution in [0.1, 0.15) is 12.5 Å². The lowest BCUT2D eigenvalue weighted by Gasteiger charge is -2.00. The minimum absolute atomic E-state index is 1.07. The maximum absolute atomic E-state index is 4.34. The molecule has 1 rings (SSSR count). The van der Waals surface area contributed by atoms with Crippen molar-refractivity contribution in [3.63, 3.8) is 0 Å². The van der Waals surface area contributed by atoms with Crippen LogP contribution >= 0.6 is 35.2 Å². The standard InChI is InChI=1S/C8H9IS/c1-2-6-3-4-7(9)5-8(6)10/h3-5,10H,2H2,1H3. The van der Waals surface area contributed by atoms with E-state index in [0.29, 0.717) is 0 Å². The van der Waals surface area contributed by atoms with Crippen molar-refractivity contribution in [1.29, 1.82) is 0 Å². The number of benzene rings is 1. The molecule has 0 bridgehead atoms. The number of rotatable bonds is 1. The Balaban J connectivity index is 3.07. The van der Waals surface area contributed by atoms with Crippen LogP contribution in [0.2, 0.25) is 0 Å². The molecule has 1 aromatic rings. The van der Waals surface area contributed by atoms with Gasteiger partial charge < -0.3 is 0 Å². The van der Waals surface area contributed by atoms with Crippen LogP contribution < -0.4 is 0 Å². The van der Waals surface area contributed by atoms with Gasteiger partial charge in [-0.1, -0.05) is 13.0 Å². The topological polar surface area (TPSA) is 0 Å². The summed E-state index contributed by atoms with van der Waals surface area (Å²) in [6.07, 6.45) is 1.07. The van der Waals surface area contributed by atoms with Crippen LogP contribution in [0.5, 0.6) is 0 Å². The van der Waals surface area contributed by atoms with E-state index in [9.17, 15) is 0 Å². The van der Waals surface area contributed by atoms with Gasteiger partial charge in [0.1, 0.15) is 0 Å². The Morgan fingerprint density at radius 2 is 2.20 bits per heavy atom. The maximum Gasteiger partial charge on any atom is 0.0141 e. The lowest BCUT2D eigenvalue weighted by molar-refractivity contribution is 1.08. The van der Waals surface area contributed by atoms with Crippen molar-refractivity contribution in [2.24, 2.45) is 0 Å². The molecule has 0 nitrogen and oxygen atoms in total. The summed E-state index contributed by atoms with van der Waals surface area (Å²) in [6.45, 7) is 2.14. The minimum atomic E-state index is 1.07. The van der Waals surface area contributed by atoms with E-state index in [1.165, 1.54) is 9.13 Å². The van der Waals surface area contributed by atoms with Crippen LogP contribution in [0.25, 0.3) is 0 Å². The Kier molecular flexibility index (Phi) is 3.04. The molecule has 0 aliphatic heterocycles. The lowest BCUT2D eigenvalue weighted by Crippen LogP contribution is -1.82. The Bertz CT molecular complexity index is 233. The number of thiol groups is 1. The monoisotopic (exact) mass is 264 g/mol. The van der Waals surface area contributed by atoms with E-state index in [-0.39, 0.29) is 0 Å². The third-order valence-corrected chi connectivity index (χ3v) is 2.52. The van der Waals surface area contributed by atoms with Crippen molar-refractivity contribution in [2.75, 3.05) is 0 Å². The highest BCUT2D eigenvalue weighted by Gasteiger charge is 1.95. The second kappa shape index (κ2) is 3.62. The molecule has 10 heavy (non-hydrogen) atoms. The van der Waals surface area contributed by atoms with Gasteiger partial charge in [0, 0.05) is 8.47 Å². The molecule has 0 atom stereocenters. The summed E-state index contributed by atoms with van der Waals surface area (Å²) in [5, 5.41) is 0. The molecule has 0 aliphatic rings. The lowest BCUT2D eigenvalue weighted by atomic mass is 10.2.